The summed E-state index contributed by atoms with van der Waals surface area (Å²) < 4.78 is 0. The summed E-state index contributed by atoms with van der Waals surface area (Å²) in [5.41, 5.74) is 3.23. The summed E-state index contributed by atoms with van der Waals surface area (Å²) in [6, 6.07) is 11.3. The molecule has 1 aromatic heterocycles. The van der Waals surface area contributed by atoms with E-state index in [4.69, 9.17) is 16.9 Å². The van der Waals surface area contributed by atoms with Crippen LogP contribution < -0.4 is 0 Å². The summed E-state index contributed by atoms with van der Waals surface area (Å²) in [5, 5.41) is 9.53. The normalized spacial score (nSPS) is 14.4. The third-order valence-electron chi connectivity index (χ3n) is 3.73. The van der Waals surface area contributed by atoms with Crippen LogP contribution in [0.1, 0.15) is 28.0 Å². The fourth-order valence-corrected chi connectivity index (χ4v) is 2.75. The van der Waals surface area contributed by atoms with Gasteiger partial charge in [0.15, 0.2) is 0 Å². The Labute approximate surface area is 133 Å². The molecule has 110 valence electrons. The van der Waals surface area contributed by atoms with Gasteiger partial charge in [-0.25, -0.2) is 0 Å². The van der Waals surface area contributed by atoms with Gasteiger partial charge in [-0.2, -0.15) is 5.26 Å². The second-order valence-corrected chi connectivity index (χ2v) is 5.59. The van der Waals surface area contributed by atoms with E-state index in [1.54, 1.807) is 17.2 Å². The van der Waals surface area contributed by atoms with Crippen molar-refractivity contribution in [2.75, 3.05) is 13.1 Å². The molecule has 0 atom stereocenters. The van der Waals surface area contributed by atoms with Crippen molar-refractivity contribution in [2.24, 2.45) is 0 Å². The van der Waals surface area contributed by atoms with Crippen molar-refractivity contribution in [3.63, 3.8) is 0 Å². The first-order chi connectivity index (χ1) is 10.7. The summed E-state index contributed by atoms with van der Waals surface area (Å²) in [4.78, 5) is 17.0. The molecule has 1 amide bonds. The summed E-state index contributed by atoms with van der Waals surface area (Å²) >= 11 is 6.02. The molecule has 0 spiro atoms. The van der Waals surface area contributed by atoms with E-state index in [1.165, 1.54) is 5.57 Å². The Balaban J connectivity index is 1.73. The maximum Gasteiger partial charge on any atom is 0.270 e. The minimum atomic E-state index is -0.0807. The molecule has 0 saturated carbocycles. The van der Waals surface area contributed by atoms with Crippen LogP contribution in [0.25, 0.3) is 5.57 Å². The number of hydrogen-bond donors (Lipinski definition) is 1. The highest BCUT2D eigenvalue weighted by Crippen LogP contribution is 2.25. The van der Waals surface area contributed by atoms with Crippen LogP contribution in [0.5, 0.6) is 0 Å². The Morgan fingerprint density at radius 2 is 2.23 bits per heavy atom. The van der Waals surface area contributed by atoms with E-state index in [9.17, 15) is 4.79 Å². The van der Waals surface area contributed by atoms with Gasteiger partial charge in [-0.1, -0.05) is 29.8 Å². The van der Waals surface area contributed by atoms with Gasteiger partial charge < -0.3 is 9.88 Å². The van der Waals surface area contributed by atoms with Crippen LogP contribution in [0.3, 0.4) is 0 Å². The van der Waals surface area contributed by atoms with Crippen molar-refractivity contribution >= 4 is 23.1 Å². The number of aromatic nitrogens is 1. The Morgan fingerprint density at radius 3 is 2.86 bits per heavy atom. The average molecular weight is 312 g/mol. The van der Waals surface area contributed by atoms with Gasteiger partial charge in [-0.3, -0.25) is 4.79 Å². The van der Waals surface area contributed by atoms with Crippen molar-refractivity contribution in [1.82, 2.24) is 9.88 Å². The molecule has 22 heavy (non-hydrogen) atoms. The third kappa shape index (κ3) is 2.90. The molecular weight excluding hydrogens is 298 g/mol. The molecule has 0 saturated heterocycles. The number of hydrogen-bond acceptors (Lipinski definition) is 2. The van der Waals surface area contributed by atoms with Crippen LogP contribution in [-0.4, -0.2) is 28.9 Å². The average Bonchev–Trinajstić information content (AvgIpc) is 3.03. The molecule has 0 unspecified atom stereocenters. The molecule has 2 heterocycles. The number of benzene rings is 1. The monoisotopic (exact) mass is 311 g/mol. The van der Waals surface area contributed by atoms with Crippen molar-refractivity contribution < 1.29 is 4.79 Å². The zero-order valence-electron chi connectivity index (χ0n) is 11.8. The fourth-order valence-electron chi connectivity index (χ4n) is 2.56. The lowest BCUT2D eigenvalue weighted by atomic mass is 9.99. The second-order valence-electron chi connectivity index (χ2n) is 5.15. The van der Waals surface area contributed by atoms with E-state index in [2.05, 4.69) is 11.1 Å². The first kappa shape index (κ1) is 14.4. The highest BCUT2D eigenvalue weighted by Gasteiger charge is 2.20. The highest BCUT2D eigenvalue weighted by molar-refractivity contribution is 6.30. The van der Waals surface area contributed by atoms with Crippen LogP contribution >= 0.6 is 11.6 Å². The molecule has 1 aromatic carbocycles. The molecule has 1 N–H and O–H groups in total. The van der Waals surface area contributed by atoms with Gasteiger partial charge in [0.05, 0.1) is 5.56 Å². The lowest BCUT2D eigenvalue weighted by Gasteiger charge is -2.26. The van der Waals surface area contributed by atoms with Crippen molar-refractivity contribution in [1.29, 1.82) is 5.26 Å². The SMILES string of the molecule is N#Cc1c[nH]c(C(=O)N2CC=C(c3cccc(Cl)c3)CC2)c1. The van der Waals surface area contributed by atoms with E-state index in [0.717, 1.165) is 12.0 Å². The number of nitrogens with zero attached hydrogens (tertiary/aromatic N) is 2. The number of H-pyrrole nitrogens is 1. The first-order valence-corrected chi connectivity index (χ1v) is 7.38. The van der Waals surface area contributed by atoms with Crippen molar-refractivity contribution in [2.45, 2.75) is 6.42 Å². The number of carbonyl (C=O) groups excluding carboxylic acids is 1. The lowest BCUT2D eigenvalue weighted by Crippen LogP contribution is -2.34. The second kappa shape index (κ2) is 6.08. The standard InChI is InChI=1S/C17H14ClN3O/c18-15-3-1-2-14(9-15)13-4-6-21(7-5-13)17(22)16-8-12(10-19)11-20-16/h1-4,8-9,11,20H,5-7H2. The number of rotatable bonds is 2. The minimum absolute atomic E-state index is 0.0807. The number of amides is 1. The zero-order chi connectivity index (χ0) is 15.5. The first-order valence-electron chi connectivity index (χ1n) is 7.00. The van der Waals surface area contributed by atoms with Gasteiger partial charge >= 0.3 is 0 Å². The van der Waals surface area contributed by atoms with Crippen LogP contribution in [0, 0.1) is 11.3 Å². The molecular formula is C17H14ClN3O. The van der Waals surface area contributed by atoms with Gasteiger partial charge in [0.1, 0.15) is 11.8 Å². The highest BCUT2D eigenvalue weighted by atomic mass is 35.5. The Hall–Kier alpha value is -2.51. The van der Waals surface area contributed by atoms with Gasteiger partial charge in [-0.15, -0.1) is 0 Å². The molecule has 0 radical (unpaired) electrons. The minimum Gasteiger partial charge on any atom is -0.356 e. The molecule has 1 aliphatic heterocycles. The van der Waals surface area contributed by atoms with E-state index in [0.29, 0.717) is 29.4 Å². The van der Waals surface area contributed by atoms with Crippen LogP contribution in [0.4, 0.5) is 0 Å². The number of halogens is 1. The molecule has 4 nitrogen and oxygen atoms in total. The lowest BCUT2D eigenvalue weighted by molar-refractivity contribution is 0.0767. The molecule has 5 heteroatoms. The van der Waals surface area contributed by atoms with E-state index < -0.39 is 0 Å². The van der Waals surface area contributed by atoms with Crippen LogP contribution in [0.2, 0.25) is 5.02 Å². The zero-order valence-corrected chi connectivity index (χ0v) is 12.6. The molecule has 2 aromatic rings. The quantitative estimate of drug-likeness (QED) is 0.923. The molecule has 1 aliphatic rings. The van der Waals surface area contributed by atoms with Gasteiger partial charge in [-0.05, 0) is 35.8 Å². The van der Waals surface area contributed by atoms with E-state index in [1.807, 2.05) is 30.3 Å². The van der Waals surface area contributed by atoms with Crippen molar-refractivity contribution in [3.8, 4) is 6.07 Å². The maximum atomic E-state index is 12.4. The van der Waals surface area contributed by atoms with E-state index in [-0.39, 0.29) is 5.91 Å². The summed E-state index contributed by atoms with van der Waals surface area (Å²) in [6.45, 7) is 1.21. The summed E-state index contributed by atoms with van der Waals surface area (Å²) in [7, 11) is 0. The van der Waals surface area contributed by atoms with Crippen LogP contribution in [-0.2, 0) is 0 Å². The smallest absolute Gasteiger partial charge is 0.270 e. The van der Waals surface area contributed by atoms with Gasteiger partial charge in [0, 0.05) is 24.3 Å². The van der Waals surface area contributed by atoms with Gasteiger partial charge in [0.2, 0.25) is 0 Å². The largest absolute Gasteiger partial charge is 0.356 e. The third-order valence-corrected chi connectivity index (χ3v) is 3.97. The number of nitriles is 1. The van der Waals surface area contributed by atoms with Crippen LogP contribution in [0.15, 0.2) is 42.6 Å². The topological polar surface area (TPSA) is 59.9 Å². The molecule has 0 aliphatic carbocycles. The Kier molecular flexibility index (Phi) is 3.99. The molecule has 0 bridgehead atoms. The summed E-state index contributed by atoms with van der Waals surface area (Å²) in [6.07, 6.45) is 4.39. The fraction of sp³-hybridized carbons (Fsp3) is 0.176. The number of carbonyl (C=O) groups is 1. The Morgan fingerprint density at radius 1 is 1.36 bits per heavy atom. The maximum absolute atomic E-state index is 12.4. The predicted octanol–water partition coefficient (Wildman–Crippen LogP) is 3.47. The van der Waals surface area contributed by atoms with Crippen molar-refractivity contribution in [3.05, 3.63) is 64.4 Å². The Bertz CT molecular complexity index is 785. The van der Waals surface area contributed by atoms with E-state index >= 15 is 0 Å². The number of aromatic amines is 1. The van der Waals surface area contributed by atoms with Gasteiger partial charge in [0.25, 0.3) is 5.91 Å². The molecule has 3 rings (SSSR count). The predicted molar refractivity (Wildman–Crippen MR) is 85.5 cm³/mol. The summed E-state index contributed by atoms with van der Waals surface area (Å²) in [5.74, 6) is -0.0807. The number of nitrogens with one attached hydrogen (secondary N) is 1. The molecule has 0 fully saturated rings.